The highest BCUT2D eigenvalue weighted by molar-refractivity contribution is 6.31. The Balaban J connectivity index is 2.39. The molecule has 0 saturated carbocycles. The zero-order valence-electron chi connectivity index (χ0n) is 12.8. The van der Waals surface area contributed by atoms with Crippen LogP contribution in [0.3, 0.4) is 0 Å². The predicted molar refractivity (Wildman–Crippen MR) is 89.4 cm³/mol. The first-order valence-corrected chi connectivity index (χ1v) is 8.08. The van der Waals surface area contributed by atoms with E-state index in [9.17, 15) is 0 Å². The van der Waals surface area contributed by atoms with E-state index < -0.39 is 0 Å². The number of nitrogens with zero attached hydrogens (tertiary/aromatic N) is 2. The SMILES string of the molecule is COCCC(C)(C)Cn1c(CCCl)nc2ccc(Cl)cc21. The number of hydrogen-bond acceptors (Lipinski definition) is 2. The van der Waals surface area contributed by atoms with Gasteiger partial charge >= 0.3 is 0 Å². The van der Waals surface area contributed by atoms with Crippen molar-refractivity contribution in [2.24, 2.45) is 5.41 Å². The molecule has 0 bridgehead atoms. The molecule has 5 heteroatoms. The number of halogens is 2. The third-order valence-electron chi connectivity index (χ3n) is 3.68. The second-order valence-electron chi connectivity index (χ2n) is 6.09. The van der Waals surface area contributed by atoms with Crippen LogP contribution >= 0.6 is 23.2 Å². The number of imidazole rings is 1. The van der Waals surface area contributed by atoms with Crippen LogP contribution in [0.4, 0.5) is 0 Å². The summed E-state index contributed by atoms with van der Waals surface area (Å²) < 4.78 is 7.46. The van der Waals surface area contributed by atoms with Gasteiger partial charge in [-0.05, 0) is 30.0 Å². The van der Waals surface area contributed by atoms with E-state index in [0.717, 1.165) is 47.9 Å². The van der Waals surface area contributed by atoms with E-state index in [0.29, 0.717) is 5.88 Å². The molecule has 1 aromatic heterocycles. The van der Waals surface area contributed by atoms with Crippen molar-refractivity contribution in [1.82, 2.24) is 9.55 Å². The summed E-state index contributed by atoms with van der Waals surface area (Å²) in [7, 11) is 1.74. The zero-order valence-corrected chi connectivity index (χ0v) is 14.3. The molecule has 0 aliphatic carbocycles. The third-order valence-corrected chi connectivity index (χ3v) is 4.10. The molecular weight excluding hydrogens is 307 g/mol. The molecule has 2 aromatic rings. The van der Waals surface area contributed by atoms with Gasteiger partial charge in [-0.2, -0.15) is 0 Å². The Hall–Kier alpha value is -0.770. The van der Waals surface area contributed by atoms with Gasteiger partial charge in [0, 0.05) is 37.6 Å². The van der Waals surface area contributed by atoms with E-state index in [-0.39, 0.29) is 5.41 Å². The summed E-state index contributed by atoms with van der Waals surface area (Å²) in [5.74, 6) is 1.59. The number of alkyl halides is 1. The van der Waals surface area contributed by atoms with Crippen LogP contribution in [-0.4, -0.2) is 29.1 Å². The summed E-state index contributed by atoms with van der Waals surface area (Å²) >= 11 is 12.1. The van der Waals surface area contributed by atoms with Gasteiger partial charge in [0.1, 0.15) is 5.82 Å². The summed E-state index contributed by atoms with van der Waals surface area (Å²) in [6.07, 6.45) is 1.75. The summed E-state index contributed by atoms with van der Waals surface area (Å²) in [5, 5.41) is 0.732. The Kier molecular flexibility index (Phi) is 5.53. The van der Waals surface area contributed by atoms with Gasteiger partial charge in [0.15, 0.2) is 0 Å². The molecule has 0 atom stereocenters. The van der Waals surface area contributed by atoms with Gasteiger partial charge in [0.2, 0.25) is 0 Å². The fraction of sp³-hybridized carbons (Fsp3) is 0.562. The van der Waals surface area contributed by atoms with E-state index in [1.165, 1.54) is 0 Å². The topological polar surface area (TPSA) is 27.1 Å². The van der Waals surface area contributed by atoms with E-state index in [4.69, 9.17) is 32.9 Å². The van der Waals surface area contributed by atoms with Gasteiger partial charge in [0.25, 0.3) is 0 Å². The average molecular weight is 329 g/mol. The standard InChI is InChI=1S/C16H22Cl2N2O/c1-16(2,7-9-21-3)11-20-14-10-12(18)4-5-13(14)19-15(20)6-8-17/h4-5,10H,6-9,11H2,1-3H3. The fourth-order valence-electron chi connectivity index (χ4n) is 2.48. The van der Waals surface area contributed by atoms with E-state index in [1.807, 2.05) is 18.2 Å². The zero-order chi connectivity index (χ0) is 15.5. The lowest BCUT2D eigenvalue weighted by molar-refractivity contribution is 0.142. The molecular formula is C16H22Cl2N2O. The molecule has 21 heavy (non-hydrogen) atoms. The number of hydrogen-bond donors (Lipinski definition) is 0. The first kappa shape index (κ1) is 16.6. The molecule has 0 aliphatic heterocycles. The molecule has 0 radical (unpaired) electrons. The number of benzene rings is 1. The maximum absolute atomic E-state index is 6.14. The van der Waals surface area contributed by atoms with Gasteiger partial charge < -0.3 is 9.30 Å². The lowest BCUT2D eigenvalue weighted by atomic mass is 9.89. The average Bonchev–Trinajstić information content (AvgIpc) is 2.74. The summed E-state index contributed by atoms with van der Waals surface area (Å²) in [4.78, 5) is 4.70. The molecule has 116 valence electrons. The molecule has 1 aromatic carbocycles. The van der Waals surface area contributed by atoms with Gasteiger partial charge in [-0.1, -0.05) is 25.4 Å². The molecule has 0 amide bonds. The number of fused-ring (bicyclic) bond motifs is 1. The first-order valence-electron chi connectivity index (χ1n) is 7.16. The Labute approximate surface area is 136 Å². The summed E-state index contributed by atoms with van der Waals surface area (Å²) in [6, 6.07) is 5.82. The van der Waals surface area contributed by atoms with Crippen LogP contribution in [0.1, 0.15) is 26.1 Å². The minimum Gasteiger partial charge on any atom is -0.385 e. The molecule has 0 N–H and O–H groups in total. The highest BCUT2D eigenvalue weighted by Gasteiger charge is 2.22. The Morgan fingerprint density at radius 2 is 2.10 bits per heavy atom. The highest BCUT2D eigenvalue weighted by atomic mass is 35.5. The van der Waals surface area contributed by atoms with Gasteiger partial charge in [-0.25, -0.2) is 4.98 Å². The van der Waals surface area contributed by atoms with Crippen LogP contribution in [-0.2, 0) is 17.7 Å². The highest BCUT2D eigenvalue weighted by Crippen LogP contribution is 2.28. The number of aromatic nitrogens is 2. The predicted octanol–water partition coefficient (Wildman–Crippen LogP) is 4.53. The first-order chi connectivity index (χ1) is 9.96. The van der Waals surface area contributed by atoms with Crippen molar-refractivity contribution in [2.45, 2.75) is 33.2 Å². The second kappa shape index (κ2) is 6.99. The smallest absolute Gasteiger partial charge is 0.111 e. The molecule has 2 rings (SSSR count). The van der Waals surface area contributed by atoms with Crippen LogP contribution in [0.5, 0.6) is 0 Å². The van der Waals surface area contributed by atoms with E-state index >= 15 is 0 Å². The van der Waals surface area contributed by atoms with Crippen molar-refractivity contribution in [3.8, 4) is 0 Å². The lowest BCUT2D eigenvalue weighted by Gasteiger charge is -2.26. The molecule has 1 heterocycles. The number of aryl methyl sites for hydroxylation is 1. The second-order valence-corrected chi connectivity index (χ2v) is 6.91. The van der Waals surface area contributed by atoms with Gasteiger partial charge in [-0.15, -0.1) is 11.6 Å². The van der Waals surface area contributed by atoms with Crippen LogP contribution in [0.15, 0.2) is 18.2 Å². The number of rotatable bonds is 7. The van der Waals surface area contributed by atoms with Gasteiger partial charge in [0.05, 0.1) is 11.0 Å². The summed E-state index contributed by atoms with van der Waals surface area (Å²) in [5.41, 5.74) is 2.17. The quantitative estimate of drug-likeness (QED) is 0.698. The number of methoxy groups -OCH3 is 1. The third kappa shape index (κ3) is 4.12. The van der Waals surface area contributed by atoms with Crippen molar-refractivity contribution in [2.75, 3.05) is 19.6 Å². The largest absolute Gasteiger partial charge is 0.385 e. The van der Waals surface area contributed by atoms with Crippen molar-refractivity contribution < 1.29 is 4.74 Å². The maximum atomic E-state index is 6.14. The lowest BCUT2D eigenvalue weighted by Crippen LogP contribution is -2.23. The molecule has 0 aliphatic rings. The van der Waals surface area contributed by atoms with Gasteiger partial charge in [-0.3, -0.25) is 0 Å². The van der Waals surface area contributed by atoms with Crippen LogP contribution in [0.2, 0.25) is 5.02 Å². The Morgan fingerprint density at radius 3 is 2.76 bits per heavy atom. The molecule has 0 spiro atoms. The molecule has 3 nitrogen and oxygen atoms in total. The van der Waals surface area contributed by atoms with Crippen molar-refractivity contribution in [3.63, 3.8) is 0 Å². The van der Waals surface area contributed by atoms with Crippen molar-refractivity contribution in [1.29, 1.82) is 0 Å². The molecule has 0 saturated heterocycles. The Morgan fingerprint density at radius 1 is 1.33 bits per heavy atom. The fourth-order valence-corrected chi connectivity index (χ4v) is 2.82. The monoisotopic (exact) mass is 328 g/mol. The minimum atomic E-state index is 0.118. The summed E-state index contributed by atoms with van der Waals surface area (Å²) in [6.45, 7) is 6.12. The van der Waals surface area contributed by atoms with Crippen molar-refractivity contribution >= 4 is 34.2 Å². The maximum Gasteiger partial charge on any atom is 0.111 e. The van der Waals surface area contributed by atoms with E-state index in [2.05, 4.69) is 18.4 Å². The Bertz CT molecular complexity index is 608. The van der Waals surface area contributed by atoms with E-state index in [1.54, 1.807) is 7.11 Å². The number of ether oxygens (including phenoxy) is 1. The normalized spacial score (nSPS) is 12.2. The van der Waals surface area contributed by atoms with Crippen LogP contribution in [0.25, 0.3) is 11.0 Å². The minimum absolute atomic E-state index is 0.118. The van der Waals surface area contributed by atoms with Crippen LogP contribution < -0.4 is 0 Å². The molecule has 0 unspecified atom stereocenters. The van der Waals surface area contributed by atoms with Crippen molar-refractivity contribution in [3.05, 3.63) is 29.0 Å². The molecule has 0 fully saturated rings. The van der Waals surface area contributed by atoms with Crippen LogP contribution in [0, 0.1) is 5.41 Å².